The van der Waals surface area contributed by atoms with E-state index in [1.807, 2.05) is 30.5 Å². The van der Waals surface area contributed by atoms with Gasteiger partial charge >= 0.3 is 5.97 Å². The molecule has 0 unspecified atom stereocenters. The van der Waals surface area contributed by atoms with E-state index in [4.69, 9.17) is 4.74 Å². The lowest BCUT2D eigenvalue weighted by Gasteiger charge is -2.06. The van der Waals surface area contributed by atoms with Crippen LogP contribution in [0.1, 0.15) is 57.9 Å². The van der Waals surface area contributed by atoms with Crippen LogP contribution < -0.4 is 4.74 Å². The number of carbonyl (C=O) groups is 1. The van der Waals surface area contributed by atoms with Crippen molar-refractivity contribution in [2.45, 2.75) is 58.8 Å². The van der Waals surface area contributed by atoms with Gasteiger partial charge in [0.15, 0.2) is 0 Å². The Labute approximate surface area is 145 Å². The molecule has 128 valence electrons. The third kappa shape index (κ3) is 5.80. The largest absolute Gasteiger partial charge is 0.427 e. The number of ether oxygens (including phenoxy) is 1. The highest BCUT2D eigenvalue weighted by Crippen LogP contribution is 2.21. The Morgan fingerprint density at radius 2 is 1.71 bits per heavy atom. The van der Waals surface area contributed by atoms with Gasteiger partial charge in [0.05, 0.1) is 5.69 Å². The third-order valence-electron chi connectivity index (χ3n) is 4.01. The van der Waals surface area contributed by atoms with Crippen molar-refractivity contribution in [1.82, 2.24) is 4.98 Å². The number of esters is 1. The highest BCUT2D eigenvalue weighted by molar-refractivity contribution is 5.72. The predicted molar refractivity (Wildman–Crippen MR) is 98.1 cm³/mol. The van der Waals surface area contributed by atoms with Gasteiger partial charge in [-0.25, -0.2) is 0 Å². The number of rotatable bonds is 9. The molecule has 0 spiro atoms. The van der Waals surface area contributed by atoms with E-state index >= 15 is 0 Å². The molecule has 3 heteroatoms. The monoisotopic (exact) mass is 325 g/mol. The van der Waals surface area contributed by atoms with Crippen LogP contribution in [0, 0.1) is 0 Å². The predicted octanol–water partition coefficient (Wildman–Crippen LogP) is 5.58. The van der Waals surface area contributed by atoms with E-state index < -0.39 is 0 Å². The molecule has 0 atom stereocenters. The van der Waals surface area contributed by atoms with Crippen molar-refractivity contribution in [2.24, 2.45) is 0 Å². The number of benzene rings is 1. The van der Waals surface area contributed by atoms with E-state index in [0.29, 0.717) is 12.2 Å². The van der Waals surface area contributed by atoms with Gasteiger partial charge < -0.3 is 4.74 Å². The zero-order valence-electron chi connectivity index (χ0n) is 14.8. The Hall–Kier alpha value is -2.16. The standard InChI is InChI=1S/C21H27NO2/c1-3-5-7-8-17-10-15-20(22-16-17)18-11-13-19(14-12-18)24-21(23)9-6-4-2/h10-16H,3-9H2,1-2H3. The van der Waals surface area contributed by atoms with E-state index in [2.05, 4.69) is 31.0 Å². The van der Waals surface area contributed by atoms with E-state index in [-0.39, 0.29) is 5.97 Å². The smallest absolute Gasteiger partial charge is 0.311 e. The van der Waals surface area contributed by atoms with Gasteiger partial charge in [0.2, 0.25) is 0 Å². The van der Waals surface area contributed by atoms with E-state index in [1.54, 1.807) is 0 Å². The molecule has 2 rings (SSSR count). The van der Waals surface area contributed by atoms with Gasteiger partial charge in [-0.3, -0.25) is 9.78 Å². The number of hydrogen-bond acceptors (Lipinski definition) is 3. The van der Waals surface area contributed by atoms with Crippen LogP contribution in [0.4, 0.5) is 0 Å². The summed E-state index contributed by atoms with van der Waals surface area (Å²) < 4.78 is 5.32. The van der Waals surface area contributed by atoms with Crippen molar-refractivity contribution >= 4 is 5.97 Å². The van der Waals surface area contributed by atoms with Crippen LogP contribution in [0.5, 0.6) is 5.75 Å². The van der Waals surface area contributed by atoms with Gasteiger partial charge in [-0.1, -0.05) is 39.2 Å². The minimum Gasteiger partial charge on any atom is -0.427 e. The third-order valence-corrected chi connectivity index (χ3v) is 4.01. The second kappa shape index (κ2) is 9.86. The van der Waals surface area contributed by atoms with Crippen molar-refractivity contribution in [1.29, 1.82) is 0 Å². The van der Waals surface area contributed by atoms with Gasteiger partial charge in [0, 0.05) is 18.2 Å². The van der Waals surface area contributed by atoms with E-state index in [0.717, 1.165) is 30.5 Å². The van der Waals surface area contributed by atoms with Crippen molar-refractivity contribution < 1.29 is 9.53 Å². The zero-order valence-corrected chi connectivity index (χ0v) is 14.8. The molecule has 1 heterocycles. The highest BCUT2D eigenvalue weighted by atomic mass is 16.5. The first-order valence-corrected chi connectivity index (χ1v) is 8.99. The summed E-state index contributed by atoms with van der Waals surface area (Å²) in [6, 6.07) is 11.8. The minimum absolute atomic E-state index is 0.167. The molecule has 24 heavy (non-hydrogen) atoms. The van der Waals surface area contributed by atoms with Gasteiger partial charge in [0.1, 0.15) is 5.75 Å². The number of unbranched alkanes of at least 4 members (excludes halogenated alkanes) is 3. The molecule has 0 bridgehead atoms. The maximum atomic E-state index is 11.6. The summed E-state index contributed by atoms with van der Waals surface area (Å²) in [4.78, 5) is 16.2. The van der Waals surface area contributed by atoms with Crippen molar-refractivity contribution in [3.63, 3.8) is 0 Å². The van der Waals surface area contributed by atoms with Crippen LogP contribution >= 0.6 is 0 Å². The fraction of sp³-hybridized carbons (Fsp3) is 0.429. The van der Waals surface area contributed by atoms with Crippen LogP contribution in [0.15, 0.2) is 42.6 Å². The Kier molecular flexibility index (Phi) is 7.47. The molecule has 0 N–H and O–H groups in total. The van der Waals surface area contributed by atoms with Gasteiger partial charge in [-0.2, -0.15) is 0 Å². The summed E-state index contributed by atoms with van der Waals surface area (Å²) in [5.74, 6) is 0.426. The molecule has 0 saturated heterocycles. The average molecular weight is 325 g/mol. The quantitative estimate of drug-likeness (QED) is 0.343. The van der Waals surface area contributed by atoms with Crippen LogP contribution in [0.3, 0.4) is 0 Å². The van der Waals surface area contributed by atoms with Gasteiger partial charge in [0.25, 0.3) is 0 Å². The van der Waals surface area contributed by atoms with Crippen molar-refractivity contribution in [3.8, 4) is 17.0 Å². The molecule has 0 radical (unpaired) electrons. The SMILES string of the molecule is CCCCCc1ccc(-c2ccc(OC(=O)CCCC)cc2)nc1. The maximum Gasteiger partial charge on any atom is 0.311 e. The maximum absolute atomic E-state index is 11.6. The topological polar surface area (TPSA) is 39.2 Å². The Balaban J connectivity index is 1.93. The molecule has 0 aliphatic rings. The molecule has 0 aliphatic carbocycles. The first-order chi connectivity index (χ1) is 11.7. The van der Waals surface area contributed by atoms with Crippen LogP contribution in [0.25, 0.3) is 11.3 Å². The van der Waals surface area contributed by atoms with Crippen LogP contribution in [0.2, 0.25) is 0 Å². The second-order valence-electron chi connectivity index (χ2n) is 6.11. The lowest BCUT2D eigenvalue weighted by molar-refractivity contribution is -0.134. The number of aryl methyl sites for hydroxylation is 1. The number of nitrogens with zero attached hydrogens (tertiary/aromatic N) is 1. The second-order valence-corrected chi connectivity index (χ2v) is 6.11. The molecule has 1 aromatic carbocycles. The summed E-state index contributed by atoms with van der Waals surface area (Å²) in [7, 11) is 0. The van der Waals surface area contributed by atoms with Gasteiger partial charge in [-0.15, -0.1) is 0 Å². The average Bonchev–Trinajstić information content (AvgIpc) is 2.61. The number of hydrogen-bond donors (Lipinski definition) is 0. The van der Waals surface area contributed by atoms with E-state index in [9.17, 15) is 4.79 Å². The zero-order chi connectivity index (χ0) is 17.2. The number of pyridine rings is 1. The fourth-order valence-electron chi connectivity index (χ4n) is 2.52. The summed E-state index contributed by atoms with van der Waals surface area (Å²) in [6.07, 6.45) is 9.10. The van der Waals surface area contributed by atoms with Crippen LogP contribution in [-0.2, 0) is 11.2 Å². The molecule has 0 saturated carbocycles. The van der Waals surface area contributed by atoms with Gasteiger partial charge in [-0.05, 0) is 55.2 Å². The molecular weight excluding hydrogens is 298 g/mol. The fourth-order valence-corrected chi connectivity index (χ4v) is 2.52. The minimum atomic E-state index is -0.167. The first kappa shape index (κ1) is 18.2. The molecule has 2 aromatic rings. The Morgan fingerprint density at radius 1 is 0.958 bits per heavy atom. The molecular formula is C21H27NO2. The summed E-state index contributed by atoms with van der Waals surface area (Å²) in [5.41, 5.74) is 3.26. The van der Waals surface area contributed by atoms with E-state index in [1.165, 1.54) is 24.8 Å². The van der Waals surface area contributed by atoms with Crippen molar-refractivity contribution in [3.05, 3.63) is 48.2 Å². The highest BCUT2D eigenvalue weighted by Gasteiger charge is 2.05. The number of aromatic nitrogens is 1. The summed E-state index contributed by atoms with van der Waals surface area (Å²) in [5, 5.41) is 0. The summed E-state index contributed by atoms with van der Waals surface area (Å²) in [6.45, 7) is 4.27. The molecule has 0 amide bonds. The number of carbonyl (C=O) groups excluding carboxylic acids is 1. The van der Waals surface area contributed by atoms with Crippen LogP contribution in [-0.4, -0.2) is 11.0 Å². The lowest BCUT2D eigenvalue weighted by atomic mass is 10.1. The molecule has 1 aromatic heterocycles. The Morgan fingerprint density at radius 3 is 2.33 bits per heavy atom. The first-order valence-electron chi connectivity index (χ1n) is 8.99. The normalized spacial score (nSPS) is 10.6. The Bertz CT molecular complexity index is 617. The summed E-state index contributed by atoms with van der Waals surface area (Å²) >= 11 is 0. The molecule has 0 aliphatic heterocycles. The molecule has 0 fully saturated rings. The molecule has 3 nitrogen and oxygen atoms in total. The van der Waals surface area contributed by atoms with Crippen molar-refractivity contribution in [2.75, 3.05) is 0 Å². The lowest BCUT2D eigenvalue weighted by Crippen LogP contribution is -2.07.